The Morgan fingerprint density at radius 3 is 2.26 bits per heavy atom. The largest absolute Gasteiger partial charge is 0.416 e. The maximum atomic E-state index is 12.6. The molecule has 2 rings (SSSR count). The predicted molar refractivity (Wildman–Crippen MR) is 65.4 cm³/mol. The number of alkyl halides is 3. The molecule has 1 N–H and O–H groups in total. The maximum absolute atomic E-state index is 12.6. The number of halogens is 5. The third-order valence-electron chi connectivity index (χ3n) is 2.98. The summed E-state index contributed by atoms with van der Waals surface area (Å²) in [5, 5.41) is 9.36. The second-order valence-corrected chi connectivity index (χ2v) is 5.20. The average molecular weight is 315 g/mol. The van der Waals surface area contributed by atoms with Crippen molar-refractivity contribution in [2.24, 2.45) is 0 Å². The van der Waals surface area contributed by atoms with Crippen molar-refractivity contribution in [3.05, 3.63) is 33.3 Å². The van der Waals surface area contributed by atoms with Crippen molar-refractivity contribution in [3.63, 3.8) is 0 Å². The summed E-state index contributed by atoms with van der Waals surface area (Å²) in [7, 11) is 0. The first-order chi connectivity index (χ1) is 8.79. The number of ether oxygens (including phenoxy) is 1. The van der Waals surface area contributed by atoms with Gasteiger partial charge in [0.15, 0.2) is 0 Å². The fourth-order valence-electron chi connectivity index (χ4n) is 2.04. The topological polar surface area (TPSA) is 29.5 Å². The van der Waals surface area contributed by atoms with Gasteiger partial charge >= 0.3 is 6.18 Å². The van der Waals surface area contributed by atoms with E-state index < -0.39 is 23.9 Å². The molecule has 0 aromatic heterocycles. The van der Waals surface area contributed by atoms with E-state index in [1.165, 1.54) is 0 Å². The number of hydrogen-bond acceptors (Lipinski definition) is 2. The molecule has 1 aliphatic heterocycles. The zero-order chi connectivity index (χ0) is 14.2. The van der Waals surface area contributed by atoms with Gasteiger partial charge in [0.25, 0.3) is 0 Å². The Balaban J connectivity index is 2.36. The third kappa shape index (κ3) is 3.34. The molecule has 106 valence electrons. The lowest BCUT2D eigenvalue weighted by molar-refractivity contribution is -0.137. The second kappa shape index (κ2) is 5.48. The van der Waals surface area contributed by atoms with Crippen LogP contribution in [0.3, 0.4) is 0 Å². The molecule has 0 saturated carbocycles. The fourth-order valence-corrected chi connectivity index (χ4v) is 2.77. The molecule has 1 saturated heterocycles. The van der Waals surface area contributed by atoms with E-state index in [9.17, 15) is 18.3 Å². The van der Waals surface area contributed by atoms with E-state index in [1.54, 1.807) is 0 Å². The maximum Gasteiger partial charge on any atom is 0.416 e. The van der Waals surface area contributed by atoms with Crippen molar-refractivity contribution < 1.29 is 23.0 Å². The first-order valence-corrected chi connectivity index (χ1v) is 6.40. The van der Waals surface area contributed by atoms with Crippen molar-refractivity contribution >= 4 is 23.2 Å². The number of hydrogen-bond donors (Lipinski definition) is 1. The summed E-state index contributed by atoms with van der Waals surface area (Å²) in [6.07, 6.45) is -4.88. The van der Waals surface area contributed by atoms with Gasteiger partial charge in [-0.15, -0.1) is 0 Å². The fraction of sp³-hybridized carbons (Fsp3) is 0.500. The highest BCUT2D eigenvalue weighted by Gasteiger charge is 2.34. The van der Waals surface area contributed by atoms with Crippen molar-refractivity contribution in [1.29, 1.82) is 0 Å². The van der Waals surface area contributed by atoms with Crippen LogP contribution in [-0.4, -0.2) is 17.8 Å². The Morgan fingerprint density at radius 2 is 1.79 bits per heavy atom. The summed E-state index contributed by atoms with van der Waals surface area (Å²) in [5.74, 6) is 0. The molecule has 2 atom stereocenters. The lowest BCUT2D eigenvalue weighted by atomic mass is 9.98. The lowest BCUT2D eigenvalue weighted by Crippen LogP contribution is -2.24. The molecule has 0 aliphatic carbocycles. The summed E-state index contributed by atoms with van der Waals surface area (Å²) in [6.45, 7) is 0.319. The predicted octanol–water partition coefficient (Wildman–Crippen LogP) is 4.22. The molecule has 7 heteroatoms. The van der Waals surface area contributed by atoms with E-state index >= 15 is 0 Å². The number of rotatable bonds is 1. The van der Waals surface area contributed by atoms with Crippen LogP contribution in [0.5, 0.6) is 0 Å². The van der Waals surface area contributed by atoms with Crippen LogP contribution in [-0.2, 0) is 10.9 Å². The second-order valence-electron chi connectivity index (χ2n) is 4.39. The third-order valence-corrected chi connectivity index (χ3v) is 3.61. The lowest BCUT2D eigenvalue weighted by Gasteiger charge is -2.28. The highest BCUT2D eigenvalue weighted by atomic mass is 35.5. The Bertz CT molecular complexity index is 454. The molecule has 19 heavy (non-hydrogen) atoms. The standard InChI is InChI=1S/C12H11Cl2F3O2/c13-8-3-6(12(15,16)17)4-9(14)11(8)10-5-7(18)1-2-19-10/h3-4,7,10,18H,1-2,5H2. The van der Waals surface area contributed by atoms with Gasteiger partial charge in [-0.25, -0.2) is 0 Å². The minimum atomic E-state index is -4.50. The zero-order valence-electron chi connectivity index (χ0n) is 9.68. The molecule has 0 spiro atoms. The van der Waals surface area contributed by atoms with Crippen LogP contribution in [0.15, 0.2) is 12.1 Å². The highest BCUT2D eigenvalue weighted by molar-refractivity contribution is 6.36. The molecule has 1 fully saturated rings. The van der Waals surface area contributed by atoms with Gasteiger partial charge in [-0.1, -0.05) is 23.2 Å². The van der Waals surface area contributed by atoms with Gasteiger partial charge < -0.3 is 9.84 Å². The normalized spacial score (nSPS) is 24.5. The minimum Gasteiger partial charge on any atom is -0.393 e. The quantitative estimate of drug-likeness (QED) is 0.840. The molecule has 1 aromatic rings. The van der Waals surface area contributed by atoms with Crippen LogP contribution in [0.25, 0.3) is 0 Å². The van der Waals surface area contributed by atoms with Crippen LogP contribution in [0, 0.1) is 0 Å². The van der Waals surface area contributed by atoms with Crippen LogP contribution < -0.4 is 0 Å². The first-order valence-electron chi connectivity index (χ1n) is 5.65. The number of aliphatic hydroxyl groups excluding tert-OH is 1. The van der Waals surface area contributed by atoms with E-state index in [2.05, 4.69) is 0 Å². The Labute approximate surface area is 118 Å². The monoisotopic (exact) mass is 314 g/mol. The average Bonchev–Trinajstić information content (AvgIpc) is 2.26. The Kier molecular flexibility index (Phi) is 4.30. The number of aliphatic hydroxyl groups is 1. The van der Waals surface area contributed by atoms with Crippen molar-refractivity contribution in [1.82, 2.24) is 0 Å². The molecule has 0 radical (unpaired) electrons. The molecule has 1 aromatic carbocycles. The van der Waals surface area contributed by atoms with Crippen molar-refractivity contribution in [3.8, 4) is 0 Å². The number of benzene rings is 1. The summed E-state index contributed by atoms with van der Waals surface area (Å²) < 4.78 is 43.2. The molecule has 1 heterocycles. The SMILES string of the molecule is OC1CCOC(c2c(Cl)cc(C(F)(F)F)cc2Cl)C1. The van der Waals surface area contributed by atoms with E-state index in [0.29, 0.717) is 18.6 Å². The molecule has 2 unspecified atom stereocenters. The molecular weight excluding hydrogens is 304 g/mol. The van der Waals surface area contributed by atoms with E-state index in [4.69, 9.17) is 27.9 Å². The van der Waals surface area contributed by atoms with Crippen LogP contribution in [0.2, 0.25) is 10.0 Å². The molecule has 2 nitrogen and oxygen atoms in total. The summed E-state index contributed by atoms with van der Waals surface area (Å²) in [6, 6.07) is 1.65. The van der Waals surface area contributed by atoms with Crippen LogP contribution >= 0.6 is 23.2 Å². The van der Waals surface area contributed by atoms with Gasteiger partial charge in [0.05, 0.1) is 17.8 Å². The van der Waals surface area contributed by atoms with Crippen molar-refractivity contribution in [2.75, 3.05) is 6.61 Å². The Hall–Kier alpha value is -0.490. The zero-order valence-corrected chi connectivity index (χ0v) is 11.2. The molecule has 1 aliphatic rings. The molecule has 0 bridgehead atoms. The van der Waals surface area contributed by atoms with Crippen LogP contribution in [0.1, 0.15) is 30.1 Å². The smallest absolute Gasteiger partial charge is 0.393 e. The molecule has 0 amide bonds. The Morgan fingerprint density at radius 1 is 1.21 bits per heavy atom. The first kappa shape index (κ1) is 14.9. The van der Waals surface area contributed by atoms with Gasteiger partial charge in [-0.05, 0) is 18.6 Å². The summed E-state index contributed by atoms with van der Waals surface area (Å²) in [5.41, 5.74) is -0.599. The van der Waals surface area contributed by atoms with E-state index in [1.807, 2.05) is 0 Å². The highest BCUT2D eigenvalue weighted by Crippen LogP contribution is 2.41. The summed E-state index contributed by atoms with van der Waals surface area (Å²) >= 11 is 11.8. The minimum absolute atomic E-state index is 0.0982. The molecular formula is C12H11Cl2F3O2. The van der Waals surface area contributed by atoms with Gasteiger partial charge in [0.2, 0.25) is 0 Å². The van der Waals surface area contributed by atoms with Crippen LogP contribution in [0.4, 0.5) is 13.2 Å². The van der Waals surface area contributed by atoms with E-state index in [-0.39, 0.29) is 16.5 Å². The van der Waals surface area contributed by atoms with Gasteiger partial charge in [0, 0.05) is 28.6 Å². The van der Waals surface area contributed by atoms with Gasteiger partial charge in [-0.2, -0.15) is 13.2 Å². The van der Waals surface area contributed by atoms with E-state index in [0.717, 1.165) is 12.1 Å². The van der Waals surface area contributed by atoms with Gasteiger partial charge in [0.1, 0.15) is 0 Å². The summed E-state index contributed by atoms with van der Waals surface area (Å²) in [4.78, 5) is 0. The van der Waals surface area contributed by atoms with Crippen molar-refractivity contribution in [2.45, 2.75) is 31.2 Å². The van der Waals surface area contributed by atoms with Gasteiger partial charge in [-0.3, -0.25) is 0 Å².